The van der Waals surface area contributed by atoms with E-state index in [9.17, 15) is 49.9 Å². The number of halogens is 7. The number of amides is 4. The van der Waals surface area contributed by atoms with Gasteiger partial charge in [-0.25, -0.2) is 9.59 Å². The van der Waals surface area contributed by atoms with Crippen molar-refractivity contribution in [2.24, 2.45) is 0 Å². The van der Waals surface area contributed by atoms with Gasteiger partial charge in [0.1, 0.15) is 13.2 Å². The summed E-state index contributed by atoms with van der Waals surface area (Å²) >= 11 is 0. The standard InChI is InChI=1S/C17H15F3N2O3.C16H13F3N2O3.CH3F/c1-22(15(23)17(18,19)20)14-9-5-8-13(10-14)21-16(24)25-11-12-6-3-2-4-7-12;17-16(18,19)14(22)20-12-7-4-8-13(9-12)21-15(23)24-10-11-5-2-1-3-6-11;1-2/h2-10H,11H2,1H3,(H,21,24);1-9H,10H2,(H,20,22)(H,21,23);1H3/i;;1D. The molecule has 272 valence electrons. The average Bonchev–Trinajstić information content (AvgIpc) is 3.10. The Balaban J connectivity index is 0.000000335. The van der Waals surface area contributed by atoms with E-state index in [0.29, 0.717) is 4.90 Å². The Kier molecular flexibility index (Phi) is 15.2. The molecule has 0 saturated carbocycles. The highest BCUT2D eigenvalue weighted by atomic mass is 19.4. The third-order valence-electron chi connectivity index (χ3n) is 6.08. The number of rotatable bonds is 8. The molecule has 51 heavy (non-hydrogen) atoms. The molecule has 0 aliphatic carbocycles. The van der Waals surface area contributed by atoms with Crippen molar-refractivity contribution in [2.45, 2.75) is 25.6 Å². The molecule has 17 heteroatoms. The lowest BCUT2D eigenvalue weighted by Gasteiger charge is -2.19. The van der Waals surface area contributed by atoms with Crippen molar-refractivity contribution < 1.29 is 60.8 Å². The van der Waals surface area contributed by atoms with E-state index in [4.69, 9.17) is 10.8 Å². The second kappa shape index (κ2) is 19.8. The predicted octanol–water partition coefficient (Wildman–Crippen LogP) is 8.48. The molecule has 0 unspecified atom stereocenters. The van der Waals surface area contributed by atoms with E-state index in [0.717, 1.165) is 18.2 Å². The number of hydrogen-bond acceptors (Lipinski definition) is 6. The number of anilines is 4. The highest BCUT2D eigenvalue weighted by Gasteiger charge is 2.41. The Morgan fingerprint density at radius 2 is 1.04 bits per heavy atom. The molecule has 4 rings (SSSR count). The monoisotopic (exact) mass is 725 g/mol. The van der Waals surface area contributed by atoms with Crippen LogP contribution in [-0.2, 0) is 32.3 Å². The number of hydrogen-bond donors (Lipinski definition) is 3. The zero-order valence-electron chi connectivity index (χ0n) is 27.6. The van der Waals surface area contributed by atoms with Crippen molar-refractivity contribution in [3.05, 3.63) is 120 Å². The number of nitrogens with one attached hydrogen (secondary N) is 3. The number of carbonyl (C=O) groups is 4. The minimum Gasteiger partial charge on any atom is -0.444 e. The third-order valence-corrected chi connectivity index (χ3v) is 6.08. The highest BCUT2D eigenvalue weighted by Crippen LogP contribution is 2.25. The molecule has 0 fully saturated rings. The van der Waals surface area contributed by atoms with E-state index in [1.165, 1.54) is 48.5 Å². The molecular weight excluding hydrogens is 693 g/mol. The van der Waals surface area contributed by atoms with Crippen LogP contribution in [0.5, 0.6) is 0 Å². The molecule has 0 heterocycles. The van der Waals surface area contributed by atoms with E-state index in [1.807, 2.05) is 12.1 Å². The van der Waals surface area contributed by atoms with Crippen molar-refractivity contribution in [1.29, 1.82) is 0 Å². The molecule has 0 aromatic heterocycles. The lowest BCUT2D eigenvalue weighted by atomic mass is 10.2. The van der Waals surface area contributed by atoms with Crippen LogP contribution in [0, 0.1) is 0 Å². The third kappa shape index (κ3) is 14.9. The first-order valence-electron chi connectivity index (χ1n) is 15.0. The van der Waals surface area contributed by atoms with Crippen LogP contribution in [0.1, 0.15) is 12.5 Å². The fourth-order valence-corrected chi connectivity index (χ4v) is 3.73. The largest absolute Gasteiger partial charge is 0.471 e. The molecule has 4 amide bonds. The van der Waals surface area contributed by atoms with Crippen LogP contribution >= 0.6 is 0 Å². The molecule has 0 atom stereocenters. The smallest absolute Gasteiger partial charge is 0.444 e. The first-order chi connectivity index (χ1) is 24.5. The molecule has 4 aromatic carbocycles. The molecule has 0 saturated heterocycles. The van der Waals surface area contributed by atoms with Crippen molar-refractivity contribution in [1.82, 2.24) is 0 Å². The summed E-state index contributed by atoms with van der Waals surface area (Å²) in [5.41, 5.74) is 1.87. The summed E-state index contributed by atoms with van der Waals surface area (Å²) in [5.74, 6) is -4.09. The molecule has 10 nitrogen and oxygen atoms in total. The second-order valence-electron chi connectivity index (χ2n) is 9.82. The van der Waals surface area contributed by atoms with Crippen LogP contribution in [0.15, 0.2) is 109 Å². The quantitative estimate of drug-likeness (QED) is 0.157. The molecule has 0 radical (unpaired) electrons. The molecule has 0 spiro atoms. The molecule has 0 aliphatic rings. The van der Waals surface area contributed by atoms with Gasteiger partial charge in [-0.05, 0) is 47.5 Å². The Bertz CT molecular complexity index is 1750. The van der Waals surface area contributed by atoms with Crippen LogP contribution in [0.4, 0.5) is 63.1 Å². The van der Waals surface area contributed by atoms with Gasteiger partial charge in [0.2, 0.25) is 0 Å². The maximum absolute atomic E-state index is 12.5. The van der Waals surface area contributed by atoms with Crippen LogP contribution in [0.25, 0.3) is 0 Å². The number of nitrogens with zero attached hydrogens (tertiary/aromatic N) is 1. The number of alkyl halides is 7. The van der Waals surface area contributed by atoms with Gasteiger partial charge in [-0.3, -0.25) is 24.6 Å². The van der Waals surface area contributed by atoms with Gasteiger partial charge in [-0.15, -0.1) is 0 Å². The fourth-order valence-electron chi connectivity index (χ4n) is 3.73. The molecule has 0 bridgehead atoms. The summed E-state index contributed by atoms with van der Waals surface area (Å²) in [4.78, 5) is 46.0. The first-order valence-corrected chi connectivity index (χ1v) is 14.3. The van der Waals surface area contributed by atoms with Crippen molar-refractivity contribution >= 4 is 46.8 Å². The molecular formula is C34H31F7N4O6. The topological polar surface area (TPSA) is 126 Å². The van der Waals surface area contributed by atoms with Gasteiger partial charge in [-0.2, -0.15) is 26.3 Å². The summed E-state index contributed by atoms with van der Waals surface area (Å²) in [6.07, 6.45) is -11.5. The van der Waals surface area contributed by atoms with E-state index in [-0.39, 0.29) is 36.0 Å². The van der Waals surface area contributed by atoms with Crippen molar-refractivity contribution in [2.75, 3.05) is 35.1 Å². The maximum atomic E-state index is 12.5. The summed E-state index contributed by atoms with van der Waals surface area (Å²) in [6.45, 7) is 0.107. The van der Waals surface area contributed by atoms with E-state index < -0.39 is 43.5 Å². The van der Waals surface area contributed by atoms with E-state index in [2.05, 4.69) is 10.6 Å². The van der Waals surface area contributed by atoms with Crippen molar-refractivity contribution in [3.63, 3.8) is 0 Å². The Labute approximate surface area is 288 Å². The summed E-state index contributed by atoms with van der Waals surface area (Å²) in [6, 6.07) is 28.7. The molecule has 4 aromatic rings. The summed E-state index contributed by atoms with van der Waals surface area (Å²) < 4.78 is 99.6. The first kappa shape index (κ1) is 39.3. The van der Waals surface area contributed by atoms with Gasteiger partial charge >= 0.3 is 36.4 Å². The molecule has 3 N–H and O–H groups in total. The summed E-state index contributed by atoms with van der Waals surface area (Å²) in [5, 5.41) is 6.47. The van der Waals surface area contributed by atoms with Gasteiger partial charge in [0.15, 0.2) is 0 Å². The lowest BCUT2D eigenvalue weighted by molar-refractivity contribution is -0.170. The lowest BCUT2D eigenvalue weighted by Crippen LogP contribution is -2.38. The fraction of sp³-hybridized carbons (Fsp3) is 0.176. The zero-order chi connectivity index (χ0) is 38.7. The zero-order valence-corrected chi connectivity index (χ0v) is 26.6. The number of carbonyl (C=O) groups excluding carboxylic acids is 4. The minimum absolute atomic E-state index is 0.0109. The SMILES string of the molecule is CN(C(=O)C(F)(F)F)c1cccc(NC(=O)OCc2ccccc2)c1.O=C(Nc1cccc(NC(=O)C(F)(F)F)c1)OCc1ccccc1.[2H]CF. The summed E-state index contributed by atoms with van der Waals surface area (Å²) in [7, 11) is 0.00264. The van der Waals surface area contributed by atoms with Gasteiger partial charge in [0.25, 0.3) is 0 Å². The average molecular weight is 726 g/mol. The van der Waals surface area contributed by atoms with Crippen molar-refractivity contribution in [3.8, 4) is 0 Å². The van der Waals surface area contributed by atoms with Crippen LogP contribution in [-0.4, -0.2) is 50.6 Å². The van der Waals surface area contributed by atoms with E-state index >= 15 is 0 Å². The maximum Gasteiger partial charge on any atom is 0.471 e. The van der Waals surface area contributed by atoms with Gasteiger partial charge in [-0.1, -0.05) is 72.8 Å². The number of benzene rings is 4. The highest BCUT2D eigenvalue weighted by molar-refractivity contribution is 5.98. The van der Waals surface area contributed by atoms with Crippen LogP contribution in [0.3, 0.4) is 0 Å². The Hall–Kier alpha value is -6.13. The van der Waals surface area contributed by atoms with Gasteiger partial charge in [0, 0.05) is 29.8 Å². The minimum atomic E-state index is -4.99. The van der Waals surface area contributed by atoms with Crippen LogP contribution in [0.2, 0.25) is 0 Å². The predicted molar refractivity (Wildman–Crippen MR) is 175 cm³/mol. The van der Waals surface area contributed by atoms with Gasteiger partial charge < -0.3 is 19.7 Å². The second-order valence-corrected chi connectivity index (χ2v) is 9.82. The Morgan fingerprint density at radius 1 is 0.627 bits per heavy atom. The van der Waals surface area contributed by atoms with Crippen LogP contribution < -0.4 is 20.9 Å². The molecule has 0 aliphatic heterocycles. The van der Waals surface area contributed by atoms with E-state index in [1.54, 1.807) is 53.8 Å². The normalized spacial score (nSPS) is 10.8. The number of ether oxygens (including phenoxy) is 2. The van der Waals surface area contributed by atoms with Gasteiger partial charge in [0.05, 0.1) is 8.52 Å². The Morgan fingerprint density at radius 3 is 1.47 bits per heavy atom.